The molecular weight excluding hydrogens is 382 g/mol. The highest BCUT2D eigenvalue weighted by molar-refractivity contribution is 7.92. The third-order valence-electron chi connectivity index (χ3n) is 4.05. The molecule has 3 N–H and O–H groups in total. The summed E-state index contributed by atoms with van der Waals surface area (Å²) in [6.45, 7) is 3.98. The minimum atomic E-state index is -3.78. The summed E-state index contributed by atoms with van der Waals surface area (Å²) in [5.41, 5.74) is 0.132. The molecule has 0 spiro atoms. The Labute approximate surface area is 165 Å². The number of hydrogen-bond donors (Lipinski definition) is 3. The average molecular weight is 404 g/mol. The van der Waals surface area contributed by atoms with Crippen molar-refractivity contribution in [1.29, 1.82) is 0 Å². The molecule has 1 aromatic carbocycles. The van der Waals surface area contributed by atoms with Crippen LogP contribution in [0.2, 0.25) is 0 Å². The van der Waals surface area contributed by atoms with Gasteiger partial charge in [0.25, 0.3) is 10.0 Å². The molecule has 0 aliphatic heterocycles. The molecule has 0 unspecified atom stereocenters. The van der Waals surface area contributed by atoms with Crippen LogP contribution in [0.4, 0.5) is 11.6 Å². The first-order valence-electron chi connectivity index (χ1n) is 8.31. The minimum Gasteiger partial charge on any atom is -0.346 e. The number of hydrogen-bond acceptors (Lipinski definition) is 5. The van der Waals surface area contributed by atoms with E-state index >= 15 is 0 Å². The number of benzene rings is 1. The van der Waals surface area contributed by atoms with Crippen LogP contribution in [0.1, 0.15) is 26.7 Å². The Kier molecular flexibility index (Phi) is 6.71. The Morgan fingerprint density at radius 2 is 1.78 bits per heavy atom. The first-order valence-corrected chi connectivity index (χ1v) is 10.2. The van der Waals surface area contributed by atoms with E-state index in [9.17, 15) is 8.42 Å². The van der Waals surface area contributed by atoms with Crippen molar-refractivity contribution in [2.45, 2.75) is 37.1 Å². The Bertz CT molecular complexity index is 918. The summed E-state index contributed by atoms with van der Waals surface area (Å²) in [6.07, 6.45) is 9.98. The van der Waals surface area contributed by atoms with Crippen molar-refractivity contribution in [3.8, 4) is 12.3 Å². The fraction of sp³-hybridized carbons (Fsp3) is 0.278. The lowest BCUT2D eigenvalue weighted by Gasteiger charge is -2.28. The van der Waals surface area contributed by atoms with Crippen LogP contribution in [-0.2, 0) is 10.0 Å². The zero-order valence-electron chi connectivity index (χ0n) is 15.1. The second kappa shape index (κ2) is 8.79. The van der Waals surface area contributed by atoms with Crippen molar-refractivity contribution in [2.75, 3.05) is 10.0 Å². The normalized spacial score (nSPS) is 11.3. The molecule has 142 valence electrons. The minimum absolute atomic E-state index is 0.00911. The van der Waals surface area contributed by atoms with Crippen LogP contribution in [-0.4, -0.2) is 29.0 Å². The van der Waals surface area contributed by atoms with E-state index in [0.717, 1.165) is 12.8 Å². The lowest BCUT2D eigenvalue weighted by Crippen LogP contribution is -2.48. The van der Waals surface area contributed by atoms with Crippen molar-refractivity contribution in [3.05, 3.63) is 42.7 Å². The first kappa shape index (κ1) is 20.6. The molecule has 9 heteroatoms. The van der Waals surface area contributed by atoms with Gasteiger partial charge in [-0.3, -0.25) is 0 Å². The molecule has 7 nitrogen and oxygen atoms in total. The number of nitrogens with zero attached hydrogens (tertiary/aromatic N) is 2. The number of rotatable bonds is 7. The van der Waals surface area contributed by atoms with Crippen LogP contribution < -0.4 is 15.4 Å². The van der Waals surface area contributed by atoms with Crippen LogP contribution in [0.25, 0.3) is 0 Å². The molecular formula is C18H21N5O2S2. The Morgan fingerprint density at radius 3 is 2.30 bits per heavy atom. The lowest BCUT2D eigenvalue weighted by molar-refractivity contribution is 0.461. The first-order chi connectivity index (χ1) is 12.8. The quantitative estimate of drug-likeness (QED) is 0.483. The van der Waals surface area contributed by atoms with E-state index in [1.807, 2.05) is 13.8 Å². The monoisotopic (exact) mass is 403 g/mol. The zero-order valence-corrected chi connectivity index (χ0v) is 16.7. The van der Waals surface area contributed by atoms with E-state index in [1.54, 1.807) is 18.2 Å². The molecule has 2 rings (SSSR count). The van der Waals surface area contributed by atoms with Crippen LogP contribution in [0, 0.1) is 12.3 Å². The van der Waals surface area contributed by atoms with Gasteiger partial charge in [0.1, 0.15) is 0 Å². The summed E-state index contributed by atoms with van der Waals surface area (Å²) in [7, 11) is -3.78. The van der Waals surface area contributed by atoms with Gasteiger partial charge in [0.15, 0.2) is 5.11 Å². The number of nitrogens with one attached hydrogen (secondary N) is 3. The van der Waals surface area contributed by atoms with E-state index < -0.39 is 15.6 Å². The van der Waals surface area contributed by atoms with Gasteiger partial charge in [-0.1, -0.05) is 19.8 Å². The number of terminal acetylenes is 1. The van der Waals surface area contributed by atoms with Gasteiger partial charge in [0.2, 0.25) is 5.95 Å². The van der Waals surface area contributed by atoms with Gasteiger partial charge in [-0.15, -0.1) is 6.42 Å². The summed E-state index contributed by atoms with van der Waals surface area (Å²) in [6, 6.07) is 7.75. The maximum atomic E-state index is 12.4. The summed E-state index contributed by atoms with van der Waals surface area (Å²) < 4.78 is 27.1. The van der Waals surface area contributed by atoms with Crippen molar-refractivity contribution < 1.29 is 8.42 Å². The van der Waals surface area contributed by atoms with Crippen molar-refractivity contribution in [1.82, 2.24) is 15.3 Å². The maximum Gasteiger partial charge on any atom is 0.264 e. The third-order valence-corrected chi connectivity index (χ3v) is 5.60. The summed E-state index contributed by atoms with van der Waals surface area (Å²) in [5, 5.41) is 6.53. The van der Waals surface area contributed by atoms with Gasteiger partial charge in [-0.2, -0.15) is 0 Å². The molecule has 0 radical (unpaired) electrons. The maximum absolute atomic E-state index is 12.4. The largest absolute Gasteiger partial charge is 0.346 e. The van der Waals surface area contributed by atoms with E-state index in [0.29, 0.717) is 10.8 Å². The Morgan fingerprint density at radius 1 is 1.19 bits per heavy atom. The zero-order chi connectivity index (χ0) is 19.9. The van der Waals surface area contributed by atoms with Gasteiger partial charge in [0, 0.05) is 18.1 Å². The molecule has 0 fully saturated rings. The highest BCUT2D eigenvalue weighted by Gasteiger charge is 2.23. The van der Waals surface area contributed by atoms with Gasteiger partial charge in [-0.05, 0) is 55.4 Å². The molecule has 0 aliphatic rings. The van der Waals surface area contributed by atoms with Crippen molar-refractivity contribution >= 4 is 39.0 Å². The fourth-order valence-electron chi connectivity index (χ4n) is 2.29. The topological polar surface area (TPSA) is 96.0 Å². The standard InChI is InChI=1S/C18H21N5O2S2/c1-4-18(5-2,6-3)22-17(26)21-14-8-10-15(11-9-14)27(24,25)23-16-19-12-7-13-20-16/h1,7-13H,5-6H2,2-3H3,(H,19,20,23)(H2,21,22,26). The van der Waals surface area contributed by atoms with Gasteiger partial charge in [-0.25, -0.2) is 23.1 Å². The van der Waals surface area contributed by atoms with E-state index in [2.05, 4.69) is 31.2 Å². The molecule has 0 bridgehead atoms. The second-order valence-electron chi connectivity index (χ2n) is 5.71. The molecule has 0 atom stereocenters. The summed E-state index contributed by atoms with van der Waals surface area (Å²) in [5.74, 6) is 2.75. The van der Waals surface area contributed by atoms with E-state index in [1.165, 1.54) is 24.5 Å². The summed E-state index contributed by atoms with van der Waals surface area (Å²) in [4.78, 5) is 7.78. The predicted molar refractivity (Wildman–Crippen MR) is 111 cm³/mol. The summed E-state index contributed by atoms with van der Waals surface area (Å²) >= 11 is 5.31. The predicted octanol–water partition coefficient (Wildman–Crippen LogP) is 2.76. The van der Waals surface area contributed by atoms with Gasteiger partial charge >= 0.3 is 0 Å². The molecule has 1 heterocycles. The molecule has 0 amide bonds. The van der Waals surface area contributed by atoms with Crippen LogP contribution in [0.3, 0.4) is 0 Å². The smallest absolute Gasteiger partial charge is 0.264 e. The van der Waals surface area contributed by atoms with Crippen LogP contribution >= 0.6 is 12.2 Å². The average Bonchev–Trinajstić information content (AvgIpc) is 2.67. The Balaban J connectivity index is 2.07. The molecule has 2 aromatic rings. The molecule has 0 saturated heterocycles. The Hall–Kier alpha value is -2.70. The van der Waals surface area contributed by atoms with E-state index in [4.69, 9.17) is 18.6 Å². The number of aromatic nitrogens is 2. The highest BCUT2D eigenvalue weighted by Crippen LogP contribution is 2.18. The molecule has 1 aromatic heterocycles. The number of sulfonamides is 1. The molecule has 0 saturated carbocycles. The molecule has 27 heavy (non-hydrogen) atoms. The highest BCUT2D eigenvalue weighted by atomic mass is 32.2. The SMILES string of the molecule is C#CC(CC)(CC)NC(=S)Nc1ccc(S(=O)(=O)Nc2ncccn2)cc1. The molecule has 0 aliphatic carbocycles. The number of thiocarbonyl (C=S) groups is 1. The van der Waals surface area contributed by atoms with Gasteiger partial charge < -0.3 is 10.6 Å². The number of anilines is 2. The third kappa shape index (κ3) is 5.39. The fourth-order valence-corrected chi connectivity index (χ4v) is 3.57. The van der Waals surface area contributed by atoms with Crippen molar-refractivity contribution in [2.24, 2.45) is 0 Å². The second-order valence-corrected chi connectivity index (χ2v) is 7.81. The van der Waals surface area contributed by atoms with Gasteiger partial charge in [0.05, 0.1) is 10.4 Å². The van der Waals surface area contributed by atoms with Crippen LogP contribution in [0.15, 0.2) is 47.6 Å². The lowest BCUT2D eigenvalue weighted by atomic mass is 9.94. The van der Waals surface area contributed by atoms with E-state index in [-0.39, 0.29) is 10.8 Å². The van der Waals surface area contributed by atoms with Crippen molar-refractivity contribution in [3.63, 3.8) is 0 Å². The van der Waals surface area contributed by atoms with Crippen LogP contribution in [0.5, 0.6) is 0 Å².